The van der Waals surface area contributed by atoms with Crippen LogP contribution >= 0.6 is 0 Å². The number of benzene rings is 1. The van der Waals surface area contributed by atoms with Gasteiger partial charge in [0.05, 0.1) is 6.54 Å². The number of amides is 1. The van der Waals surface area contributed by atoms with Crippen molar-refractivity contribution in [2.75, 3.05) is 13.1 Å². The van der Waals surface area contributed by atoms with Gasteiger partial charge in [-0.2, -0.15) is 0 Å². The smallest absolute Gasteiger partial charge is 0.289 e. The Morgan fingerprint density at radius 1 is 1.40 bits per heavy atom. The molecule has 134 valence electrons. The molecule has 6 nitrogen and oxygen atoms in total. The first-order chi connectivity index (χ1) is 12.0. The molecule has 0 radical (unpaired) electrons. The summed E-state index contributed by atoms with van der Waals surface area (Å²) in [7, 11) is 1.79. The third-order valence-corrected chi connectivity index (χ3v) is 4.63. The summed E-state index contributed by atoms with van der Waals surface area (Å²) in [5.74, 6) is 1.41. The van der Waals surface area contributed by atoms with Crippen LogP contribution < -0.4 is 4.74 Å². The van der Waals surface area contributed by atoms with Gasteiger partial charge in [0.15, 0.2) is 5.82 Å². The summed E-state index contributed by atoms with van der Waals surface area (Å²) in [6.45, 7) is 5.06. The number of ether oxygens (including phenoxy) is 1. The number of aromatic nitrogens is 2. The third kappa shape index (κ3) is 3.85. The summed E-state index contributed by atoms with van der Waals surface area (Å²) in [6, 6.07) is 7.96. The summed E-state index contributed by atoms with van der Waals surface area (Å²) in [6.07, 6.45) is 2.89. The van der Waals surface area contributed by atoms with E-state index in [4.69, 9.17) is 4.74 Å². The zero-order valence-electron chi connectivity index (χ0n) is 14.9. The molecule has 3 rings (SSSR count). The maximum absolute atomic E-state index is 12.5. The molecule has 1 aromatic heterocycles. The first-order valence-electron chi connectivity index (χ1n) is 8.67. The minimum absolute atomic E-state index is 0.160. The van der Waals surface area contributed by atoms with E-state index in [-0.39, 0.29) is 18.6 Å². The van der Waals surface area contributed by atoms with Crippen molar-refractivity contribution in [3.05, 3.63) is 48.0 Å². The highest BCUT2D eigenvalue weighted by molar-refractivity contribution is 5.90. The Kier molecular flexibility index (Phi) is 5.08. The van der Waals surface area contributed by atoms with Crippen molar-refractivity contribution in [1.29, 1.82) is 0 Å². The zero-order chi connectivity index (χ0) is 18.0. The van der Waals surface area contributed by atoms with Crippen molar-refractivity contribution in [3.8, 4) is 5.75 Å². The second kappa shape index (κ2) is 7.27. The second-order valence-electron chi connectivity index (χ2n) is 6.85. The number of nitrogens with zero attached hydrogens (tertiary/aromatic N) is 3. The molecular weight excluding hydrogens is 318 g/mol. The van der Waals surface area contributed by atoms with Gasteiger partial charge < -0.3 is 19.3 Å². The maximum atomic E-state index is 12.5. The molecule has 2 aromatic rings. The maximum Gasteiger partial charge on any atom is 0.289 e. The van der Waals surface area contributed by atoms with Gasteiger partial charge in [0.2, 0.25) is 0 Å². The molecule has 1 aliphatic heterocycles. The lowest BCUT2D eigenvalue weighted by Crippen LogP contribution is -2.51. The number of rotatable bonds is 4. The van der Waals surface area contributed by atoms with E-state index in [2.05, 4.69) is 24.9 Å². The highest BCUT2D eigenvalue weighted by Crippen LogP contribution is 2.24. The largest absolute Gasteiger partial charge is 0.488 e. The Morgan fingerprint density at radius 3 is 2.84 bits per heavy atom. The van der Waals surface area contributed by atoms with Crippen LogP contribution in [-0.4, -0.2) is 50.8 Å². The van der Waals surface area contributed by atoms with Crippen molar-refractivity contribution in [2.24, 2.45) is 7.05 Å². The molecule has 2 atom stereocenters. The van der Waals surface area contributed by atoms with Gasteiger partial charge in [0.25, 0.3) is 5.91 Å². The number of imidazole rings is 1. The number of aliphatic hydroxyl groups is 1. The number of hydrogen-bond donors (Lipinski definition) is 1. The van der Waals surface area contributed by atoms with Crippen LogP contribution in [0.15, 0.2) is 36.7 Å². The molecule has 1 aromatic carbocycles. The number of carbonyl (C=O) groups is 1. The number of piperidine rings is 1. The van der Waals surface area contributed by atoms with E-state index in [0.717, 1.165) is 5.75 Å². The van der Waals surface area contributed by atoms with E-state index in [0.29, 0.717) is 24.7 Å². The van der Waals surface area contributed by atoms with E-state index in [1.54, 1.807) is 28.9 Å². The van der Waals surface area contributed by atoms with Crippen LogP contribution in [0.2, 0.25) is 0 Å². The lowest BCUT2D eigenvalue weighted by molar-refractivity contribution is -0.0203. The molecule has 1 fully saturated rings. The first kappa shape index (κ1) is 17.5. The molecule has 0 aliphatic carbocycles. The average molecular weight is 343 g/mol. The van der Waals surface area contributed by atoms with E-state index >= 15 is 0 Å². The zero-order valence-corrected chi connectivity index (χ0v) is 14.9. The predicted octanol–water partition coefficient (Wildman–Crippen LogP) is 2.20. The molecule has 0 spiro atoms. The van der Waals surface area contributed by atoms with Gasteiger partial charge in [0, 0.05) is 32.4 Å². The van der Waals surface area contributed by atoms with Crippen molar-refractivity contribution >= 4 is 5.91 Å². The summed E-state index contributed by atoms with van der Waals surface area (Å²) >= 11 is 0. The molecule has 1 N–H and O–H groups in total. The monoisotopic (exact) mass is 343 g/mol. The minimum Gasteiger partial charge on any atom is -0.488 e. The number of likely N-dealkylation sites (tertiary alicyclic amines) is 1. The van der Waals surface area contributed by atoms with Crippen molar-refractivity contribution in [2.45, 2.75) is 38.4 Å². The molecule has 2 heterocycles. The summed E-state index contributed by atoms with van der Waals surface area (Å²) in [5.41, 5.74) is 1.20. The fourth-order valence-corrected chi connectivity index (χ4v) is 3.07. The average Bonchev–Trinajstić information content (AvgIpc) is 3.02. The van der Waals surface area contributed by atoms with Crippen LogP contribution in [0.3, 0.4) is 0 Å². The summed E-state index contributed by atoms with van der Waals surface area (Å²) in [5, 5.41) is 10.4. The topological polar surface area (TPSA) is 67.6 Å². The van der Waals surface area contributed by atoms with E-state index in [1.165, 1.54) is 5.56 Å². The van der Waals surface area contributed by atoms with Crippen molar-refractivity contribution < 1.29 is 14.6 Å². The molecule has 25 heavy (non-hydrogen) atoms. The molecule has 0 bridgehead atoms. The minimum atomic E-state index is -0.722. The lowest BCUT2D eigenvalue weighted by atomic mass is 10.0. The van der Waals surface area contributed by atoms with Gasteiger partial charge >= 0.3 is 0 Å². The number of aryl methyl sites for hydroxylation is 1. The Labute approximate surface area is 148 Å². The highest BCUT2D eigenvalue weighted by Gasteiger charge is 2.33. The molecule has 0 saturated carbocycles. The van der Waals surface area contributed by atoms with Gasteiger partial charge in [-0.15, -0.1) is 0 Å². The van der Waals surface area contributed by atoms with Crippen LogP contribution in [0.4, 0.5) is 0 Å². The summed E-state index contributed by atoms with van der Waals surface area (Å²) < 4.78 is 7.68. The van der Waals surface area contributed by atoms with E-state index in [9.17, 15) is 9.90 Å². The second-order valence-corrected chi connectivity index (χ2v) is 6.85. The van der Waals surface area contributed by atoms with Crippen molar-refractivity contribution in [1.82, 2.24) is 14.5 Å². The van der Waals surface area contributed by atoms with E-state index in [1.807, 2.05) is 18.2 Å². The predicted molar refractivity (Wildman–Crippen MR) is 94.7 cm³/mol. The number of aliphatic hydroxyl groups excluding tert-OH is 1. The fraction of sp³-hybridized carbons (Fsp3) is 0.474. The Bertz CT molecular complexity index is 741. The van der Waals surface area contributed by atoms with Crippen LogP contribution in [-0.2, 0) is 7.05 Å². The Morgan fingerprint density at radius 2 is 2.20 bits per heavy atom. The summed E-state index contributed by atoms with van der Waals surface area (Å²) in [4.78, 5) is 18.2. The number of β-amino-alcohol motifs (C(OH)–C–C–N with tert-alkyl or cyclic N) is 1. The normalized spacial score (nSPS) is 20.8. The van der Waals surface area contributed by atoms with Gasteiger partial charge in [0.1, 0.15) is 18.0 Å². The first-order valence-corrected chi connectivity index (χ1v) is 8.67. The van der Waals surface area contributed by atoms with E-state index < -0.39 is 6.10 Å². The fourth-order valence-electron chi connectivity index (χ4n) is 3.07. The highest BCUT2D eigenvalue weighted by atomic mass is 16.5. The molecule has 1 amide bonds. The Hall–Kier alpha value is -2.34. The molecular formula is C19H25N3O3. The third-order valence-electron chi connectivity index (χ3n) is 4.63. The van der Waals surface area contributed by atoms with Crippen LogP contribution in [0.1, 0.15) is 42.4 Å². The van der Waals surface area contributed by atoms with Crippen molar-refractivity contribution in [3.63, 3.8) is 0 Å². The molecule has 6 heteroatoms. The molecule has 0 unspecified atom stereocenters. The van der Waals surface area contributed by atoms with Crippen LogP contribution in [0.5, 0.6) is 5.75 Å². The van der Waals surface area contributed by atoms with Gasteiger partial charge in [-0.1, -0.05) is 26.0 Å². The molecule has 1 aliphatic rings. The lowest BCUT2D eigenvalue weighted by Gasteiger charge is -2.35. The quantitative estimate of drug-likeness (QED) is 0.924. The Balaban J connectivity index is 1.63. The van der Waals surface area contributed by atoms with Gasteiger partial charge in [-0.3, -0.25) is 4.79 Å². The molecule has 1 saturated heterocycles. The van der Waals surface area contributed by atoms with Gasteiger partial charge in [-0.25, -0.2) is 4.98 Å². The van der Waals surface area contributed by atoms with Crippen LogP contribution in [0, 0.1) is 0 Å². The van der Waals surface area contributed by atoms with Crippen LogP contribution in [0.25, 0.3) is 0 Å². The standard InChI is InChI=1S/C19H25N3O3/c1-13(2)14-5-4-6-15(11-14)25-17-7-9-22(12-16(17)23)19(24)18-20-8-10-21(18)3/h4-6,8,10-11,13,16-17,23H,7,9,12H2,1-3H3/t16-,17-/m1/s1. The number of carbonyl (C=O) groups excluding carboxylic acids is 1. The SMILES string of the molecule is CC(C)c1cccc(O[C@@H]2CCN(C(=O)c3nccn3C)C[C@H]2O)c1. The number of hydrogen-bond acceptors (Lipinski definition) is 4. The van der Waals surface area contributed by atoms with Gasteiger partial charge in [-0.05, 0) is 23.6 Å².